The Hall–Kier alpha value is -0.890. The number of thiophene rings is 1. The Bertz CT molecular complexity index is 491. The number of nitrogens with zero attached hydrogens (tertiary/aromatic N) is 1. The highest BCUT2D eigenvalue weighted by Gasteiger charge is 2.25. The molecule has 0 aliphatic heterocycles. The second-order valence-corrected chi connectivity index (χ2v) is 7.76. The summed E-state index contributed by atoms with van der Waals surface area (Å²) in [6.07, 6.45) is -2.40. The van der Waals surface area contributed by atoms with Gasteiger partial charge in [-0.1, -0.05) is 40.9 Å². The minimum absolute atomic E-state index is 0.190. The van der Waals surface area contributed by atoms with Crippen LogP contribution in [-0.2, 0) is 9.47 Å². The van der Waals surface area contributed by atoms with Gasteiger partial charge in [0, 0.05) is 24.9 Å². The summed E-state index contributed by atoms with van der Waals surface area (Å²) in [6.45, 7) is -0.252. The average Bonchev–Trinajstić information content (AvgIpc) is 2.93. The van der Waals surface area contributed by atoms with Crippen molar-refractivity contribution < 1.29 is 24.2 Å². The van der Waals surface area contributed by atoms with E-state index < -0.39 is 28.8 Å². The van der Waals surface area contributed by atoms with Gasteiger partial charge in [-0.25, -0.2) is 9.59 Å². The summed E-state index contributed by atoms with van der Waals surface area (Å²) in [6, 6.07) is 3.57. The number of rotatable bonds is 6. The first kappa shape index (κ1) is 19.2. The van der Waals surface area contributed by atoms with E-state index in [2.05, 4.69) is 0 Å². The number of hydrogen-bond donors (Lipinski definition) is 1. The summed E-state index contributed by atoms with van der Waals surface area (Å²) in [5.74, 6) is 0. The standard InChI is InChI=1S/C12H14Cl3NO5S/c1-16(10(17)18)5-4-8(9-3-2-6-22-9)21-11(19)20-7-12(13,14)15/h2-3,6,8H,4-5,7H2,1H3,(H,17,18). The highest BCUT2D eigenvalue weighted by Crippen LogP contribution is 2.28. The van der Waals surface area contributed by atoms with Gasteiger partial charge in [0.15, 0.2) is 0 Å². The fourth-order valence-electron chi connectivity index (χ4n) is 1.43. The van der Waals surface area contributed by atoms with Gasteiger partial charge in [0.25, 0.3) is 0 Å². The van der Waals surface area contributed by atoms with Gasteiger partial charge >= 0.3 is 12.2 Å². The van der Waals surface area contributed by atoms with E-state index in [1.165, 1.54) is 18.4 Å². The van der Waals surface area contributed by atoms with Gasteiger partial charge in [-0.15, -0.1) is 11.3 Å². The average molecular weight is 391 g/mol. The summed E-state index contributed by atoms with van der Waals surface area (Å²) in [5, 5.41) is 10.7. The summed E-state index contributed by atoms with van der Waals surface area (Å²) in [7, 11) is 1.43. The third-order valence-electron chi connectivity index (χ3n) is 2.51. The van der Waals surface area contributed by atoms with Gasteiger partial charge in [-0.05, 0) is 11.4 Å². The summed E-state index contributed by atoms with van der Waals surface area (Å²) in [4.78, 5) is 24.3. The first-order chi connectivity index (χ1) is 10.2. The zero-order chi connectivity index (χ0) is 16.8. The fraction of sp³-hybridized carbons (Fsp3) is 0.500. The molecule has 10 heteroatoms. The van der Waals surface area contributed by atoms with Crippen LogP contribution in [0.15, 0.2) is 17.5 Å². The van der Waals surface area contributed by atoms with Crippen molar-refractivity contribution in [3.8, 4) is 0 Å². The van der Waals surface area contributed by atoms with Gasteiger partial charge in [0.2, 0.25) is 3.79 Å². The predicted octanol–water partition coefficient (Wildman–Crippen LogP) is 4.31. The lowest BCUT2D eigenvalue weighted by molar-refractivity contribution is 0.0198. The maximum atomic E-state index is 11.6. The van der Waals surface area contributed by atoms with Crippen molar-refractivity contribution in [3.05, 3.63) is 22.4 Å². The van der Waals surface area contributed by atoms with E-state index in [1.807, 2.05) is 5.38 Å². The van der Waals surface area contributed by atoms with Crippen LogP contribution >= 0.6 is 46.1 Å². The first-order valence-electron chi connectivity index (χ1n) is 6.06. The lowest BCUT2D eigenvalue weighted by atomic mass is 10.2. The van der Waals surface area contributed by atoms with Gasteiger partial charge < -0.3 is 19.5 Å². The molecule has 0 aliphatic rings. The van der Waals surface area contributed by atoms with E-state index in [-0.39, 0.29) is 13.0 Å². The molecular weight excluding hydrogens is 377 g/mol. The Morgan fingerprint density at radius 3 is 2.64 bits per heavy atom. The van der Waals surface area contributed by atoms with E-state index in [4.69, 9.17) is 49.4 Å². The van der Waals surface area contributed by atoms with Crippen LogP contribution < -0.4 is 0 Å². The predicted molar refractivity (Wildman–Crippen MR) is 85.1 cm³/mol. The van der Waals surface area contributed by atoms with Crippen LogP contribution in [0.25, 0.3) is 0 Å². The number of carbonyl (C=O) groups is 2. The van der Waals surface area contributed by atoms with Crippen molar-refractivity contribution in [2.45, 2.75) is 16.3 Å². The molecule has 1 aromatic rings. The fourth-order valence-corrected chi connectivity index (χ4v) is 2.38. The van der Waals surface area contributed by atoms with Gasteiger partial charge in [-0.2, -0.15) is 0 Å². The van der Waals surface area contributed by atoms with Crippen molar-refractivity contribution >= 4 is 58.4 Å². The molecule has 0 radical (unpaired) electrons. The van der Waals surface area contributed by atoms with Crippen LogP contribution in [0, 0.1) is 0 Å². The number of carbonyl (C=O) groups excluding carboxylic acids is 1. The molecule has 1 N–H and O–H groups in total. The molecular formula is C12H14Cl3NO5S. The van der Waals surface area contributed by atoms with E-state index in [1.54, 1.807) is 12.1 Å². The molecule has 0 saturated heterocycles. The molecule has 1 rings (SSSR count). The Labute approximate surface area is 146 Å². The number of hydrogen-bond acceptors (Lipinski definition) is 5. The van der Waals surface area contributed by atoms with Crippen molar-refractivity contribution in [2.24, 2.45) is 0 Å². The van der Waals surface area contributed by atoms with Crippen LogP contribution in [0.2, 0.25) is 0 Å². The Kier molecular flexibility index (Phi) is 7.55. The number of carboxylic acid groups (broad SMARTS) is 1. The smallest absolute Gasteiger partial charge is 0.465 e. The molecule has 0 spiro atoms. The monoisotopic (exact) mass is 389 g/mol. The highest BCUT2D eigenvalue weighted by molar-refractivity contribution is 7.10. The third-order valence-corrected chi connectivity index (χ3v) is 3.80. The van der Waals surface area contributed by atoms with E-state index in [9.17, 15) is 9.59 Å². The minimum atomic E-state index is -1.72. The van der Waals surface area contributed by atoms with Crippen molar-refractivity contribution in [2.75, 3.05) is 20.2 Å². The Morgan fingerprint density at radius 1 is 1.45 bits per heavy atom. The molecule has 1 aromatic heterocycles. The molecule has 0 bridgehead atoms. The molecule has 124 valence electrons. The number of amides is 1. The van der Waals surface area contributed by atoms with Gasteiger partial charge in [0.1, 0.15) is 12.7 Å². The summed E-state index contributed by atoms with van der Waals surface area (Å²) < 4.78 is 8.16. The molecule has 1 unspecified atom stereocenters. The largest absolute Gasteiger partial charge is 0.509 e. The maximum Gasteiger partial charge on any atom is 0.509 e. The molecule has 0 saturated carbocycles. The molecule has 0 fully saturated rings. The lowest BCUT2D eigenvalue weighted by Crippen LogP contribution is -2.28. The SMILES string of the molecule is CN(CCC(OC(=O)OCC(Cl)(Cl)Cl)c1cccs1)C(=O)O. The molecule has 6 nitrogen and oxygen atoms in total. The molecule has 1 amide bonds. The van der Waals surface area contributed by atoms with Crippen LogP contribution in [0.1, 0.15) is 17.4 Å². The second-order valence-electron chi connectivity index (χ2n) is 4.27. The van der Waals surface area contributed by atoms with E-state index in [0.717, 1.165) is 9.78 Å². The second kappa shape index (κ2) is 8.67. The normalized spacial score (nSPS) is 12.5. The topological polar surface area (TPSA) is 76.1 Å². The van der Waals surface area contributed by atoms with Crippen LogP contribution in [0.5, 0.6) is 0 Å². The number of halogens is 3. The number of ether oxygens (including phenoxy) is 2. The van der Waals surface area contributed by atoms with E-state index in [0.29, 0.717) is 0 Å². The first-order valence-corrected chi connectivity index (χ1v) is 8.08. The van der Waals surface area contributed by atoms with Crippen LogP contribution in [-0.4, -0.2) is 46.2 Å². The van der Waals surface area contributed by atoms with Crippen molar-refractivity contribution in [3.63, 3.8) is 0 Å². The quantitative estimate of drug-likeness (QED) is 0.578. The zero-order valence-electron chi connectivity index (χ0n) is 11.5. The maximum absolute atomic E-state index is 11.6. The molecule has 22 heavy (non-hydrogen) atoms. The number of alkyl halides is 3. The highest BCUT2D eigenvalue weighted by atomic mass is 35.6. The van der Waals surface area contributed by atoms with E-state index >= 15 is 0 Å². The Morgan fingerprint density at radius 2 is 2.14 bits per heavy atom. The third kappa shape index (κ3) is 7.40. The van der Waals surface area contributed by atoms with Crippen molar-refractivity contribution in [1.82, 2.24) is 4.90 Å². The molecule has 0 aliphatic carbocycles. The van der Waals surface area contributed by atoms with Gasteiger partial charge in [0.05, 0.1) is 0 Å². The van der Waals surface area contributed by atoms with Crippen molar-refractivity contribution in [1.29, 1.82) is 0 Å². The van der Waals surface area contributed by atoms with Gasteiger partial charge in [-0.3, -0.25) is 0 Å². The molecule has 1 atom stereocenters. The van der Waals surface area contributed by atoms with Crippen LogP contribution in [0.3, 0.4) is 0 Å². The minimum Gasteiger partial charge on any atom is -0.465 e. The molecule has 1 heterocycles. The zero-order valence-corrected chi connectivity index (χ0v) is 14.6. The summed E-state index contributed by atoms with van der Waals surface area (Å²) in [5.41, 5.74) is 0. The lowest BCUT2D eigenvalue weighted by Gasteiger charge is -2.20. The summed E-state index contributed by atoms with van der Waals surface area (Å²) >= 11 is 17.8. The molecule has 0 aromatic carbocycles. The Balaban J connectivity index is 2.59. The van der Waals surface area contributed by atoms with Crippen LogP contribution in [0.4, 0.5) is 9.59 Å².